The predicted molar refractivity (Wildman–Crippen MR) is 77.1 cm³/mol. The van der Waals surface area contributed by atoms with Gasteiger partial charge in [0.15, 0.2) is 0 Å². The standard InChI is InChI=1S/C14H28N2S/c1-9-7-11(3-5-13(9)15)17-12-4-6-14(16)10(2)8-12/h9-14H,3-8,15-16H2,1-2H3. The van der Waals surface area contributed by atoms with Gasteiger partial charge in [0.1, 0.15) is 0 Å². The third kappa shape index (κ3) is 3.62. The fourth-order valence-corrected chi connectivity index (χ4v) is 5.18. The van der Waals surface area contributed by atoms with Crippen molar-refractivity contribution < 1.29 is 0 Å². The summed E-state index contributed by atoms with van der Waals surface area (Å²) in [4.78, 5) is 0. The van der Waals surface area contributed by atoms with Crippen molar-refractivity contribution in [2.45, 2.75) is 75.0 Å². The van der Waals surface area contributed by atoms with Crippen LogP contribution in [0.25, 0.3) is 0 Å². The molecule has 0 aliphatic heterocycles. The van der Waals surface area contributed by atoms with Gasteiger partial charge in [0.2, 0.25) is 0 Å². The van der Waals surface area contributed by atoms with E-state index < -0.39 is 0 Å². The lowest BCUT2D eigenvalue weighted by Crippen LogP contribution is -2.38. The molecule has 2 aliphatic carbocycles. The number of hydrogen-bond donors (Lipinski definition) is 2. The molecule has 2 nitrogen and oxygen atoms in total. The molecule has 100 valence electrons. The van der Waals surface area contributed by atoms with Gasteiger partial charge in [0, 0.05) is 22.6 Å². The van der Waals surface area contributed by atoms with Crippen molar-refractivity contribution in [3.8, 4) is 0 Å². The summed E-state index contributed by atoms with van der Waals surface area (Å²) in [6.07, 6.45) is 7.74. The van der Waals surface area contributed by atoms with Gasteiger partial charge in [-0.1, -0.05) is 13.8 Å². The van der Waals surface area contributed by atoms with Crippen LogP contribution in [0.5, 0.6) is 0 Å². The lowest BCUT2D eigenvalue weighted by Gasteiger charge is -2.37. The van der Waals surface area contributed by atoms with Crippen LogP contribution in [0.2, 0.25) is 0 Å². The molecular weight excluding hydrogens is 228 g/mol. The van der Waals surface area contributed by atoms with Crippen molar-refractivity contribution in [3.05, 3.63) is 0 Å². The van der Waals surface area contributed by atoms with Crippen LogP contribution >= 0.6 is 11.8 Å². The van der Waals surface area contributed by atoms with E-state index in [0.717, 1.165) is 10.5 Å². The van der Waals surface area contributed by atoms with Gasteiger partial charge >= 0.3 is 0 Å². The summed E-state index contributed by atoms with van der Waals surface area (Å²) in [6.45, 7) is 4.63. The van der Waals surface area contributed by atoms with E-state index in [9.17, 15) is 0 Å². The highest BCUT2D eigenvalue weighted by Crippen LogP contribution is 2.39. The molecule has 4 N–H and O–H groups in total. The number of rotatable bonds is 2. The topological polar surface area (TPSA) is 52.0 Å². The van der Waals surface area contributed by atoms with Crippen molar-refractivity contribution in [1.82, 2.24) is 0 Å². The van der Waals surface area contributed by atoms with Gasteiger partial charge in [-0.2, -0.15) is 11.8 Å². The monoisotopic (exact) mass is 256 g/mol. The predicted octanol–water partition coefficient (Wildman–Crippen LogP) is 2.75. The Balaban J connectivity index is 1.78. The highest BCUT2D eigenvalue weighted by atomic mass is 32.2. The Morgan fingerprint density at radius 3 is 1.53 bits per heavy atom. The number of thioether (sulfide) groups is 1. The minimum absolute atomic E-state index is 0.450. The molecule has 2 aliphatic rings. The van der Waals surface area contributed by atoms with E-state index in [0.29, 0.717) is 23.9 Å². The van der Waals surface area contributed by atoms with Crippen LogP contribution < -0.4 is 11.5 Å². The van der Waals surface area contributed by atoms with Crippen molar-refractivity contribution in [1.29, 1.82) is 0 Å². The summed E-state index contributed by atoms with van der Waals surface area (Å²) < 4.78 is 0. The highest BCUT2D eigenvalue weighted by molar-refractivity contribution is 8.00. The third-order valence-electron chi connectivity index (χ3n) is 4.76. The molecule has 6 unspecified atom stereocenters. The first-order chi connectivity index (χ1) is 8.06. The van der Waals surface area contributed by atoms with E-state index in [1.54, 1.807) is 0 Å². The number of nitrogens with two attached hydrogens (primary N) is 2. The fraction of sp³-hybridized carbons (Fsp3) is 1.00. The van der Waals surface area contributed by atoms with Crippen LogP contribution in [0.1, 0.15) is 52.4 Å². The summed E-state index contributed by atoms with van der Waals surface area (Å²) in [6, 6.07) is 0.899. The van der Waals surface area contributed by atoms with E-state index in [-0.39, 0.29) is 0 Å². The Labute approximate surface area is 110 Å². The second-order valence-corrected chi connectivity index (χ2v) is 7.89. The molecule has 0 saturated heterocycles. The Kier molecular flexibility index (Phi) is 4.79. The first kappa shape index (κ1) is 13.7. The average molecular weight is 256 g/mol. The van der Waals surface area contributed by atoms with Crippen molar-refractivity contribution in [2.75, 3.05) is 0 Å². The van der Waals surface area contributed by atoms with Crippen LogP contribution in [0.15, 0.2) is 0 Å². The highest BCUT2D eigenvalue weighted by Gasteiger charge is 2.30. The van der Waals surface area contributed by atoms with E-state index in [1.165, 1.54) is 38.5 Å². The van der Waals surface area contributed by atoms with Crippen LogP contribution in [0.4, 0.5) is 0 Å². The van der Waals surface area contributed by atoms with Gasteiger partial charge in [-0.25, -0.2) is 0 Å². The molecule has 0 spiro atoms. The van der Waals surface area contributed by atoms with Gasteiger partial charge in [0.25, 0.3) is 0 Å². The minimum atomic E-state index is 0.450. The van der Waals surface area contributed by atoms with E-state index in [2.05, 4.69) is 25.6 Å². The molecule has 6 atom stereocenters. The Morgan fingerprint density at radius 2 is 1.18 bits per heavy atom. The molecule has 0 radical (unpaired) electrons. The Morgan fingerprint density at radius 1 is 0.765 bits per heavy atom. The first-order valence-electron chi connectivity index (χ1n) is 7.23. The van der Waals surface area contributed by atoms with E-state index in [1.807, 2.05) is 0 Å². The zero-order valence-electron chi connectivity index (χ0n) is 11.3. The normalized spacial score (nSPS) is 48.0. The molecule has 2 rings (SSSR count). The molecule has 2 fully saturated rings. The van der Waals surface area contributed by atoms with Gasteiger partial charge in [-0.3, -0.25) is 0 Å². The second-order valence-electron chi connectivity index (χ2n) is 6.29. The summed E-state index contributed by atoms with van der Waals surface area (Å²) in [7, 11) is 0. The zero-order valence-corrected chi connectivity index (χ0v) is 12.1. The van der Waals surface area contributed by atoms with Crippen LogP contribution in [-0.4, -0.2) is 22.6 Å². The van der Waals surface area contributed by atoms with Crippen LogP contribution in [-0.2, 0) is 0 Å². The maximum atomic E-state index is 6.09. The van der Waals surface area contributed by atoms with Gasteiger partial charge in [-0.05, 0) is 50.4 Å². The molecule has 0 aromatic heterocycles. The minimum Gasteiger partial charge on any atom is -0.327 e. The Bertz CT molecular complexity index is 222. The lowest BCUT2D eigenvalue weighted by atomic mass is 9.86. The molecule has 17 heavy (non-hydrogen) atoms. The molecule has 0 bridgehead atoms. The van der Waals surface area contributed by atoms with Crippen LogP contribution in [0.3, 0.4) is 0 Å². The van der Waals surface area contributed by atoms with E-state index in [4.69, 9.17) is 11.5 Å². The summed E-state index contributed by atoms with van der Waals surface area (Å²) in [5.74, 6) is 1.43. The van der Waals surface area contributed by atoms with Crippen molar-refractivity contribution in [3.63, 3.8) is 0 Å². The molecule has 0 heterocycles. The molecule has 0 amide bonds. The fourth-order valence-electron chi connectivity index (χ4n) is 3.26. The molecular formula is C14H28N2S. The molecule has 2 saturated carbocycles. The quantitative estimate of drug-likeness (QED) is 0.799. The van der Waals surface area contributed by atoms with Crippen LogP contribution in [0, 0.1) is 11.8 Å². The van der Waals surface area contributed by atoms with Crippen molar-refractivity contribution in [2.24, 2.45) is 23.3 Å². The summed E-state index contributed by atoms with van der Waals surface area (Å²) in [5, 5.41) is 1.72. The largest absolute Gasteiger partial charge is 0.327 e. The summed E-state index contributed by atoms with van der Waals surface area (Å²) in [5.41, 5.74) is 12.2. The maximum absolute atomic E-state index is 6.09. The molecule has 3 heteroatoms. The Hall–Kier alpha value is 0.270. The lowest BCUT2D eigenvalue weighted by molar-refractivity contribution is 0.326. The average Bonchev–Trinajstić information content (AvgIpc) is 2.29. The molecule has 0 aromatic carbocycles. The third-order valence-corrected chi connectivity index (χ3v) is 6.39. The first-order valence-corrected chi connectivity index (χ1v) is 8.17. The van der Waals surface area contributed by atoms with Gasteiger partial charge in [0.05, 0.1) is 0 Å². The van der Waals surface area contributed by atoms with Crippen molar-refractivity contribution >= 4 is 11.8 Å². The SMILES string of the molecule is CC1CC(SC2CCC(N)C(C)C2)CCC1N. The van der Waals surface area contributed by atoms with E-state index >= 15 is 0 Å². The number of hydrogen-bond acceptors (Lipinski definition) is 3. The van der Waals surface area contributed by atoms with Gasteiger partial charge in [-0.15, -0.1) is 0 Å². The maximum Gasteiger partial charge on any atom is 0.00653 e. The second kappa shape index (κ2) is 5.94. The summed E-state index contributed by atoms with van der Waals surface area (Å²) >= 11 is 2.24. The molecule has 0 aromatic rings. The smallest absolute Gasteiger partial charge is 0.00653 e. The van der Waals surface area contributed by atoms with Gasteiger partial charge < -0.3 is 11.5 Å². The zero-order chi connectivity index (χ0) is 12.4.